The molecule has 134 valence electrons. The van der Waals surface area contributed by atoms with E-state index >= 15 is 0 Å². The third-order valence-electron chi connectivity index (χ3n) is 3.53. The van der Waals surface area contributed by atoms with Gasteiger partial charge in [0.1, 0.15) is 17.3 Å². The van der Waals surface area contributed by atoms with E-state index < -0.39 is 0 Å². The molecule has 3 nitrogen and oxygen atoms in total. The number of hydrogen-bond donors (Lipinski definition) is 1. The van der Waals surface area contributed by atoms with Crippen LogP contribution in [0.25, 0.3) is 11.3 Å². The predicted molar refractivity (Wildman–Crippen MR) is 106 cm³/mol. The highest BCUT2D eigenvalue weighted by molar-refractivity contribution is 5.81. The molecule has 0 saturated heterocycles. The molecule has 0 heterocycles. The number of aliphatic hydroxyl groups excluding tert-OH is 1. The summed E-state index contributed by atoms with van der Waals surface area (Å²) in [5, 5.41) is 10.4. The Morgan fingerprint density at radius 2 is 1.28 bits per heavy atom. The third kappa shape index (κ3) is 6.03. The maximum absolute atomic E-state index is 10.4. The summed E-state index contributed by atoms with van der Waals surface area (Å²) in [6, 6.07) is 15.1. The van der Waals surface area contributed by atoms with Crippen LogP contribution in [0.5, 0.6) is 11.5 Å². The molecule has 0 amide bonds. The summed E-state index contributed by atoms with van der Waals surface area (Å²) in [6.07, 6.45) is 4.75. The van der Waals surface area contributed by atoms with Crippen molar-refractivity contribution in [3.63, 3.8) is 0 Å². The van der Waals surface area contributed by atoms with Crippen molar-refractivity contribution >= 4 is 11.3 Å². The van der Waals surface area contributed by atoms with Gasteiger partial charge in [-0.05, 0) is 60.0 Å². The van der Waals surface area contributed by atoms with Crippen molar-refractivity contribution in [2.75, 3.05) is 14.2 Å². The highest BCUT2D eigenvalue weighted by atomic mass is 16.5. The Balaban J connectivity index is 0.00000151. The van der Waals surface area contributed by atoms with Gasteiger partial charge in [0.05, 0.1) is 14.2 Å². The van der Waals surface area contributed by atoms with E-state index in [9.17, 15) is 5.11 Å². The molecule has 0 unspecified atom stereocenters. The van der Waals surface area contributed by atoms with Gasteiger partial charge in [-0.1, -0.05) is 39.0 Å². The number of rotatable bonds is 6. The number of methoxy groups -OCH3 is 2. The van der Waals surface area contributed by atoms with E-state index in [1.165, 1.54) is 0 Å². The SMILES string of the molecule is CC.CC/C=C(\C=C(/O)c1ccc(OC)cc1)c1ccc(OC)cc1. The van der Waals surface area contributed by atoms with Crippen LogP contribution >= 0.6 is 0 Å². The van der Waals surface area contributed by atoms with Crippen molar-refractivity contribution in [3.8, 4) is 11.5 Å². The third-order valence-corrected chi connectivity index (χ3v) is 3.53. The van der Waals surface area contributed by atoms with Crippen LogP contribution < -0.4 is 9.47 Å². The average Bonchev–Trinajstić information content (AvgIpc) is 2.69. The minimum absolute atomic E-state index is 0.225. The molecule has 0 aromatic heterocycles. The predicted octanol–water partition coefficient (Wildman–Crippen LogP) is 6.12. The maximum atomic E-state index is 10.4. The molecule has 25 heavy (non-hydrogen) atoms. The Morgan fingerprint density at radius 3 is 1.68 bits per heavy atom. The second kappa shape index (κ2) is 11.0. The van der Waals surface area contributed by atoms with E-state index in [1.807, 2.05) is 62.4 Å². The quantitative estimate of drug-likeness (QED) is 0.508. The van der Waals surface area contributed by atoms with Gasteiger partial charge in [-0.2, -0.15) is 0 Å². The fraction of sp³-hybridized carbons (Fsp3) is 0.273. The first kappa shape index (κ1) is 20.4. The topological polar surface area (TPSA) is 38.7 Å². The Morgan fingerprint density at radius 1 is 0.840 bits per heavy atom. The number of hydrogen-bond acceptors (Lipinski definition) is 3. The second-order valence-electron chi connectivity index (χ2n) is 5.05. The molecule has 0 aliphatic heterocycles. The Labute approximate surface area is 151 Å². The summed E-state index contributed by atoms with van der Waals surface area (Å²) < 4.78 is 10.3. The lowest BCUT2D eigenvalue weighted by Gasteiger charge is -2.07. The van der Waals surface area contributed by atoms with E-state index in [0.717, 1.165) is 34.6 Å². The molecule has 3 heteroatoms. The van der Waals surface area contributed by atoms with Gasteiger partial charge in [0, 0.05) is 5.56 Å². The molecule has 0 spiro atoms. The van der Waals surface area contributed by atoms with Gasteiger partial charge in [0.25, 0.3) is 0 Å². The molecule has 0 atom stereocenters. The molecular formula is C22H28O3. The Bertz CT molecular complexity index is 680. The smallest absolute Gasteiger partial charge is 0.123 e. The lowest BCUT2D eigenvalue weighted by Crippen LogP contribution is -1.89. The number of ether oxygens (including phenoxy) is 2. The molecule has 0 aliphatic rings. The molecule has 0 aliphatic carbocycles. The van der Waals surface area contributed by atoms with Crippen LogP contribution in [0, 0.1) is 0 Å². The molecular weight excluding hydrogens is 312 g/mol. The van der Waals surface area contributed by atoms with Crippen LogP contribution in [0.1, 0.15) is 38.3 Å². The fourth-order valence-corrected chi connectivity index (χ4v) is 2.26. The molecule has 0 fully saturated rings. The van der Waals surface area contributed by atoms with Crippen LogP contribution in [-0.4, -0.2) is 19.3 Å². The molecule has 1 N–H and O–H groups in total. The van der Waals surface area contributed by atoms with Crippen LogP contribution in [0.15, 0.2) is 60.7 Å². The van der Waals surface area contributed by atoms with Crippen molar-refractivity contribution in [2.45, 2.75) is 27.2 Å². The minimum atomic E-state index is 0.225. The largest absolute Gasteiger partial charge is 0.507 e. The lowest BCUT2D eigenvalue weighted by atomic mass is 10.0. The van der Waals surface area contributed by atoms with Crippen LogP contribution in [0.2, 0.25) is 0 Å². The molecule has 2 aromatic rings. The molecule has 2 aromatic carbocycles. The van der Waals surface area contributed by atoms with Gasteiger partial charge >= 0.3 is 0 Å². The highest BCUT2D eigenvalue weighted by Gasteiger charge is 2.04. The molecule has 0 saturated carbocycles. The van der Waals surface area contributed by atoms with Crippen LogP contribution in [0.4, 0.5) is 0 Å². The van der Waals surface area contributed by atoms with Gasteiger partial charge in [0.15, 0.2) is 0 Å². The van der Waals surface area contributed by atoms with E-state index in [1.54, 1.807) is 20.3 Å². The van der Waals surface area contributed by atoms with Gasteiger partial charge in [0.2, 0.25) is 0 Å². The number of benzene rings is 2. The molecule has 0 radical (unpaired) electrons. The van der Waals surface area contributed by atoms with Gasteiger partial charge in [-0.3, -0.25) is 0 Å². The van der Waals surface area contributed by atoms with Crippen LogP contribution in [-0.2, 0) is 0 Å². The van der Waals surface area contributed by atoms with E-state index in [-0.39, 0.29) is 5.76 Å². The number of aliphatic hydroxyl groups is 1. The molecule has 2 rings (SSSR count). The van der Waals surface area contributed by atoms with E-state index in [4.69, 9.17) is 9.47 Å². The Kier molecular flexibility index (Phi) is 8.94. The van der Waals surface area contributed by atoms with Crippen LogP contribution in [0.3, 0.4) is 0 Å². The van der Waals surface area contributed by atoms with E-state index in [0.29, 0.717) is 0 Å². The second-order valence-corrected chi connectivity index (χ2v) is 5.05. The van der Waals surface area contributed by atoms with Crippen molar-refractivity contribution in [3.05, 3.63) is 71.8 Å². The summed E-state index contributed by atoms with van der Waals surface area (Å²) in [7, 11) is 3.27. The molecule has 0 bridgehead atoms. The summed E-state index contributed by atoms with van der Waals surface area (Å²) in [4.78, 5) is 0. The fourth-order valence-electron chi connectivity index (χ4n) is 2.26. The zero-order chi connectivity index (χ0) is 18.7. The van der Waals surface area contributed by atoms with Crippen molar-refractivity contribution in [1.29, 1.82) is 0 Å². The first-order valence-electron chi connectivity index (χ1n) is 8.57. The zero-order valence-corrected chi connectivity index (χ0v) is 15.7. The summed E-state index contributed by atoms with van der Waals surface area (Å²) >= 11 is 0. The van der Waals surface area contributed by atoms with Crippen molar-refractivity contribution in [1.82, 2.24) is 0 Å². The highest BCUT2D eigenvalue weighted by Crippen LogP contribution is 2.24. The summed E-state index contributed by atoms with van der Waals surface area (Å²) in [5.74, 6) is 1.80. The maximum Gasteiger partial charge on any atom is 0.123 e. The monoisotopic (exact) mass is 340 g/mol. The zero-order valence-electron chi connectivity index (χ0n) is 15.7. The minimum Gasteiger partial charge on any atom is -0.507 e. The number of allylic oxidation sites excluding steroid dienone is 3. The van der Waals surface area contributed by atoms with E-state index in [2.05, 4.69) is 13.0 Å². The summed E-state index contributed by atoms with van der Waals surface area (Å²) in [6.45, 7) is 6.07. The standard InChI is InChI=1S/C20H22O3.C2H6/c1-4-5-17(15-6-10-18(22-2)11-7-15)14-20(21)16-8-12-19(23-3)13-9-16;1-2/h5-14,21H,4H2,1-3H3;1-2H3/b17-5+,20-14-;. The first-order valence-corrected chi connectivity index (χ1v) is 8.57. The van der Waals surface area contributed by atoms with Gasteiger partial charge in [-0.15, -0.1) is 0 Å². The first-order chi connectivity index (χ1) is 12.2. The lowest BCUT2D eigenvalue weighted by molar-refractivity contribution is 0.414. The van der Waals surface area contributed by atoms with Crippen molar-refractivity contribution < 1.29 is 14.6 Å². The van der Waals surface area contributed by atoms with Gasteiger partial charge < -0.3 is 14.6 Å². The van der Waals surface area contributed by atoms with Crippen molar-refractivity contribution in [2.24, 2.45) is 0 Å². The average molecular weight is 340 g/mol. The van der Waals surface area contributed by atoms with Gasteiger partial charge in [-0.25, -0.2) is 0 Å². The Hall–Kier alpha value is -2.68. The summed E-state index contributed by atoms with van der Waals surface area (Å²) in [5.41, 5.74) is 2.76. The normalized spacial score (nSPS) is 11.4.